The topological polar surface area (TPSA) is 68.4 Å². The molecule has 0 aromatic carbocycles. The average Bonchev–Trinajstić information content (AvgIpc) is 2.83. The Hall–Kier alpha value is -2.63. The van der Waals surface area contributed by atoms with Crippen molar-refractivity contribution in [2.45, 2.75) is 13.8 Å². The molecule has 6 heteroatoms. The summed E-state index contributed by atoms with van der Waals surface area (Å²) in [4.78, 5) is 29.3. The number of carbonyl (C=O) groups excluding carboxylic acids is 1. The van der Waals surface area contributed by atoms with Crippen molar-refractivity contribution in [2.75, 3.05) is 6.54 Å². The standard InChI is InChI=1S/C16H18N4O2/c1-10(2)9-17-15(21)12-8-11-14(19(12)3)18-13-6-4-5-7-20(13)16(11)22/h4-8,10H,9H2,1-3H3,(H,17,21). The molecule has 3 heterocycles. The molecule has 1 amide bonds. The zero-order valence-electron chi connectivity index (χ0n) is 12.8. The van der Waals surface area contributed by atoms with Crippen molar-refractivity contribution in [2.24, 2.45) is 13.0 Å². The van der Waals surface area contributed by atoms with E-state index >= 15 is 0 Å². The van der Waals surface area contributed by atoms with Gasteiger partial charge in [0.15, 0.2) is 0 Å². The van der Waals surface area contributed by atoms with Gasteiger partial charge in [-0.2, -0.15) is 0 Å². The highest BCUT2D eigenvalue weighted by molar-refractivity contribution is 5.98. The quantitative estimate of drug-likeness (QED) is 0.798. The molecule has 0 aliphatic carbocycles. The first-order valence-electron chi connectivity index (χ1n) is 7.24. The highest BCUT2D eigenvalue weighted by Crippen LogP contribution is 2.14. The summed E-state index contributed by atoms with van der Waals surface area (Å²) in [6.45, 7) is 4.65. The SMILES string of the molecule is CC(C)CNC(=O)c1cc2c(=O)n3ccccc3nc2n1C. The number of carbonyl (C=O) groups is 1. The van der Waals surface area contributed by atoms with Crippen LogP contribution in [0.2, 0.25) is 0 Å². The molecular formula is C16H18N4O2. The molecule has 114 valence electrons. The van der Waals surface area contributed by atoms with Gasteiger partial charge in [0, 0.05) is 19.8 Å². The first kappa shape index (κ1) is 14.3. The lowest BCUT2D eigenvalue weighted by molar-refractivity contribution is 0.0941. The minimum absolute atomic E-state index is 0.167. The molecule has 0 radical (unpaired) electrons. The van der Waals surface area contributed by atoms with E-state index in [-0.39, 0.29) is 11.5 Å². The summed E-state index contributed by atoms with van der Waals surface area (Å²) in [5, 5.41) is 3.31. The van der Waals surface area contributed by atoms with Crippen LogP contribution in [-0.4, -0.2) is 26.4 Å². The first-order valence-corrected chi connectivity index (χ1v) is 7.24. The zero-order valence-corrected chi connectivity index (χ0v) is 12.8. The van der Waals surface area contributed by atoms with Gasteiger partial charge in [0.25, 0.3) is 11.5 Å². The Labute approximate surface area is 127 Å². The van der Waals surface area contributed by atoms with Gasteiger partial charge in [-0.25, -0.2) is 4.98 Å². The molecule has 6 nitrogen and oxygen atoms in total. The average molecular weight is 298 g/mol. The van der Waals surface area contributed by atoms with Crippen LogP contribution in [0.3, 0.4) is 0 Å². The zero-order chi connectivity index (χ0) is 15.9. The van der Waals surface area contributed by atoms with E-state index in [9.17, 15) is 9.59 Å². The van der Waals surface area contributed by atoms with Crippen molar-refractivity contribution in [3.8, 4) is 0 Å². The number of nitrogens with zero attached hydrogens (tertiary/aromatic N) is 3. The number of hydrogen-bond acceptors (Lipinski definition) is 3. The molecule has 3 aromatic heterocycles. The molecule has 0 bridgehead atoms. The molecule has 1 N–H and O–H groups in total. The van der Waals surface area contributed by atoms with Gasteiger partial charge in [-0.15, -0.1) is 0 Å². The molecular weight excluding hydrogens is 280 g/mol. The Bertz CT molecular complexity index is 921. The highest BCUT2D eigenvalue weighted by atomic mass is 16.2. The number of hydrogen-bond donors (Lipinski definition) is 1. The van der Waals surface area contributed by atoms with Crippen molar-refractivity contribution in [1.29, 1.82) is 0 Å². The first-order chi connectivity index (χ1) is 10.5. The second-order valence-electron chi connectivity index (χ2n) is 5.78. The fraction of sp³-hybridized carbons (Fsp3) is 0.312. The van der Waals surface area contributed by atoms with Gasteiger partial charge in [-0.3, -0.25) is 14.0 Å². The molecule has 0 saturated carbocycles. The van der Waals surface area contributed by atoms with E-state index in [1.54, 1.807) is 36.0 Å². The van der Waals surface area contributed by atoms with Crippen molar-refractivity contribution in [3.05, 3.63) is 46.5 Å². The van der Waals surface area contributed by atoms with E-state index in [1.165, 1.54) is 4.40 Å². The molecule has 0 fully saturated rings. The Kier molecular flexibility index (Phi) is 3.44. The molecule has 0 unspecified atom stereocenters. The summed E-state index contributed by atoms with van der Waals surface area (Å²) in [6.07, 6.45) is 1.68. The van der Waals surface area contributed by atoms with Crippen molar-refractivity contribution >= 4 is 22.6 Å². The van der Waals surface area contributed by atoms with Crippen LogP contribution in [0.5, 0.6) is 0 Å². The minimum Gasteiger partial charge on any atom is -0.351 e. The number of pyridine rings is 1. The summed E-state index contributed by atoms with van der Waals surface area (Å²) >= 11 is 0. The van der Waals surface area contributed by atoms with Gasteiger partial charge in [0.2, 0.25) is 0 Å². The number of aryl methyl sites for hydroxylation is 1. The van der Waals surface area contributed by atoms with Crippen molar-refractivity contribution < 1.29 is 4.79 Å². The van der Waals surface area contributed by atoms with Gasteiger partial charge < -0.3 is 9.88 Å². The Balaban J connectivity index is 2.16. The fourth-order valence-corrected chi connectivity index (χ4v) is 2.43. The molecule has 0 spiro atoms. The largest absolute Gasteiger partial charge is 0.351 e. The summed E-state index contributed by atoms with van der Waals surface area (Å²) in [7, 11) is 1.75. The summed E-state index contributed by atoms with van der Waals surface area (Å²) in [5.41, 5.74) is 1.36. The van der Waals surface area contributed by atoms with Gasteiger partial charge in [0.05, 0.1) is 5.39 Å². The van der Waals surface area contributed by atoms with Gasteiger partial charge in [-0.1, -0.05) is 19.9 Å². The van der Waals surface area contributed by atoms with E-state index in [2.05, 4.69) is 10.3 Å². The van der Waals surface area contributed by atoms with Crippen molar-refractivity contribution in [3.63, 3.8) is 0 Å². The van der Waals surface area contributed by atoms with Gasteiger partial charge in [-0.05, 0) is 24.1 Å². The number of rotatable bonds is 3. The lowest BCUT2D eigenvalue weighted by Gasteiger charge is -2.08. The van der Waals surface area contributed by atoms with Crippen LogP contribution in [0, 0.1) is 5.92 Å². The Morgan fingerprint density at radius 1 is 1.36 bits per heavy atom. The summed E-state index contributed by atoms with van der Waals surface area (Å²) < 4.78 is 3.15. The maximum Gasteiger partial charge on any atom is 0.267 e. The summed E-state index contributed by atoms with van der Waals surface area (Å²) in [5.74, 6) is 0.174. The van der Waals surface area contributed by atoms with Gasteiger partial charge >= 0.3 is 0 Å². The van der Waals surface area contributed by atoms with Gasteiger partial charge in [0.1, 0.15) is 17.0 Å². The Morgan fingerprint density at radius 2 is 2.14 bits per heavy atom. The smallest absolute Gasteiger partial charge is 0.267 e. The van der Waals surface area contributed by atoms with E-state index < -0.39 is 0 Å². The van der Waals surface area contributed by atoms with Crippen LogP contribution < -0.4 is 10.9 Å². The third kappa shape index (κ3) is 2.26. The van der Waals surface area contributed by atoms with Crippen LogP contribution in [0.4, 0.5) is 0 Å². The maximum atomic E-state index is 12.5. The highest BCUT2D eigenvalue weighted by Gasteiger charge is 2.17. The number of fused-ring (bicyclic) bond motifs is 2. The van der Waals surface area contributed by atoms with Crippen LogP contribution in [0.25, 0.3) is 16.7 Å². The monoisotopic (exact) mass is 298 g/mol. The van der Waals surface area contributed by atoms with E-state index in [4.69, 9.17) is 0 Å². The number of amides is 1. The van der Waals surface area contributed by atoms with Crippen molar-refractivity contribution in [1.82, 2.24) is 19.3 Å². The van der Waals surface area contributed by atoms with E-state index in [1.807, 2.05) is 19.9 Å². The van der Waals surface area contributed by atoms with Crippen LogP contribution in [0.1, 0.15) is 24.3 Å². The molecule has 3 aromatic rings. The van der Waals surface area contributed by atoms with E-state index in [0.717, 1.165) is 0 Å². The van der Waals surface area contributed by atoms with Crippen LogP contribution in [0.15, 0.2) is 35.3 Å². The molecule has 22 heavy (non-hydrogen) atoms. The molecule has 3 rings (SSSR count). The third-order valence-corrected chi connectivity index (χ3v) is 3.61. The minimum atomic E-state index is -0.192. The number of aromatic nitrogens is 3. The summed E-state index contributed by atoms with van der Waals surface area (Å²) in [6, 6.07) is 6.99. The molecule has 0 atom stereocenters. The second kappa shape index (κ2) is 5.29. The predicted octanol–water partition coefficient (Wildman–Crippen LogP) is 1.57. The Morgan fingerprint density at radius 3 is 2.86 bits per heavy atom. The lowest BCUT2D eigenvalue weighted by Crippen LogP contribution is -2.28. The van der Waals surface area contributed by atoms with Crippen LogP contribution in [-0.2, 0) is 7.05 Å². The fourth-order valence-electron chi connectivity index (χ4n) is 2.43. The number of nitrogens with one attached hydrogen (secondary N) is 1. The molecule has 0 saturated heterocycles. The normalized spacial score (nSPS) is 11.5. The second-order valence-corrected chi connectivity index (χ2v) is 5.78. The van der Waals surface area contributed by atoms with E-state index in [0.29, 0.717) is 34.8 Å². The lowest BCUT2D eigenvalue weighted by atomic mass is 10.2. The predicted molar refractivity (Wildman–Crippen MR) is 85.1 cm³/mol. The van der Waals surface area contributed by atoms with Crippen LogP contribution >= 0.6 is 0 Å². The molecule has 0 aliphatic rings. The third-order valence-electron chi connectivity index (χ3n) is 3.61. The maximum absolute atomic E-state index is 12.5. The molecule has 0 aliphatic heterocycles.